The van der Waals surface area contributed by atoms with Gasteiger partial charge in [-0.15, -0.1) is 0 Å². The Hall–Kier alpha value is -2.76. The van der Waals surface area contributed by atoms with Crippen molar-refractivity contribution >= 4 is 17.5 Å². The SMILES string of the molecule is COc1ccc(C2=C(O)/C(=C(/C)C(=O)O)OC2=O)cc1. The molecule has 1 aromatic carbocycles. The minimum atomic E-state index is -1.27. The van der Waals surface area contributed by atoms with Crippen molar-refractivity contribution < 1.29 is 29.3 Å². The average Bonchev–Trinajstić information content (AvgIpc) is 2.73. The number of cyclic esters (lactones) is 1. The maximum absolute atomic E-state index is 11.8. The molecule has 104 valence electrons. The smallest absolute Gasteiger partial charge is 0.348 e. The summed E-state index contributed by atoms with van der Waals surface area (Å²) in [5.74, 6) is -2.26. The quantitative estimate of drug-likeness (QED) is 0.646. The molecule has 6 nitrogen and oxygen atoms in total. The number of methoxy groups -OCH3 is 1. The molecule has 1 aliphatic rings. The molecule has 0 spiro atoms. The van der Waals surface area contributed by atoms with Gasteiger partial charge in [-0.3, -0.25) is 0 Å². The van der Waals surface area contributed by atoms with Gasteiger partial charge >= 0.3 is 11.9 Å². The first-order valence-electron chi connectivity index (χ1n) is 5.70. The van der Waals surface area contributed by atoms with Crippen molar-refractivity contribution in [2.24, 2.45) is 0 Å². The Morgan fingerprint density at radius 2 is 1.85 bits per heavy atom. The van der Waals surface area contributed by atoms with Gasteiger partial charge < -0.3 is 19.7 Å². The summed E-state index contributed by atoms with van der Waals surface area (Å²) < 4.78 is 9.82. The van der Waals surface area contributed by atoms with Gasteiger partial charge in [-0.2, -0.15) is 0 Å². The van der Waals surface area contributed by atoms with Gasteiger partial charge in [-0.1, -0.05) is 12.1 Å². The van der Waals surface area contributed by atoms with Crippen LogP contribution in [0.1, 0.15) is 12.5 Å². The lowest BCUT2D eigenvalue weighted by Gasteiger charge is -2.02. The minimum absolute atomic E-state index is 0.0664. The zero-order chi connectivity index (χ0) is 14.9. The molecule has 6 heteroatoms. The Morgan fingerprint density at radius 3 is 2.35 bits per heavy atom. The third kappa shape index (κ3) is 2.23. The lowest BCUT2D eigenvalue weighted by Crippen LogP contribution is -2.03. The summed E-state index contributed by atoms with van der Waals surface area (Å²) in [7, 11) is 1.51. The predicted molar refractivity (Wildman–Crippen MR) is 69.0 cm³/mol. The molecule has 0 aromatic heterocycles. The third-order valence-corrected chi connectivity index (χ3v) is 2.89. The van der Waals surface area contributed by atoms with Crippen molar-refractivity contribution in [3.63, 3.8) is 0 Å². The summed E-state index contributed by atoms with van der Waals surface area (Å²) in [6.07, 6.45) is 0. The van der Waals surface area contributed by atoms with Crippen LogP contribution in [0.5, 0.6) is 5.75 Å². The van der Waals surface area contributed by atoms with Crippen LogP contribution in [0, 0.1) is 0 Å². The van der Waals surface area contributed by atoms with Gasteiger partial charge in [0.15, 0.2) is 11.5 Å². The second-order valence-electron chi connectivity index (χ2n) is 4.10. The Balaban J connectivity index is 2.51. The van der Waals surface area contributed by atoms with E-state index in [-0.39, 0.29) is 16.9 Å². The number of carbonyl (C=O) groups is 2. The van der Waals surface area contributed by atoms with E-state index in [4.69, 9.17) is 14.6 Å². The fourth-order valence-corrected chi connectivity index (χ4v) is 1.77. The molecule has 0 aliphatic carbocycles. The van der Waals surface area contributed by atoms with Crippen LogP contribution in [0.3, 0.4) is 0 Å². The van der Waals surface area contributed by atoms with Gasteiger partial charge in [0, 0.05) is 0 Å². The molecule has 2 rings (SSSR count). The van der Waals surface area contributed by atoms with Gasteiger partial charge in [0.25, 0.3) is 0 Å². The van der Waals surface area contributed by atoms with E-state index in [9.17, 15) is 14.7 Å². The molecule has 0 fully saturated rings. The van der Waals surface area contributed by atoms with E-state index in [2.05, 4.69) is 0 Å². The van der Waals surface area contributed by atoms with Crippen molar-refractivity contribution in [1.29, 1.82) is 0 Å². The maximum Gasteiger partial charge on any atom is 0.348 e. The largest absolute Gasteiger partial charge is 0.504 e. The Labute approximate surface area is 114 Å². The molecule has 0 saturated heterocycles. The van der Waals surface area contributed by atoms with Crippen molar-refractivity contribution in [3.8, 4) is 5.75 Å². The molecule has 1 aliphatic heterocycles. The molecule has 0 radical (unpaired) electrons. The van der Waals surface area contributed by atoms with E-state index >= 15 is 0 Å². The molecular formula is C14H12O6. The predicted octanol–water partition coefficient (Wildman–Crippen LogP) is 1.88. The number of aliphatic hydroxyl groups excluding tert-OH is 1. The van der Waals surface area contributed by atoms with E-state index in [0.717, 1.165) is 0 Å². The van der Waals surface area contributed by atoms with Crippen LogP contribution < -0.4 is 4.74 Å². The molecule has 2 N–H and O–H groups in total. The van der Waals surface area contributed by atoms with E-state index in [1.165, 1.54) is 14.0 Å². The van der Waals surface area contributed by atoms with Crippen LogP contribution in [0.2, 0.25) is 0 Å². The zero-order valence-corrected chi connectivity index (χ0v) is 10.8. The summed E-state index contributed by atoms with van der Waals surface area (Å²) in [5, 5.41) is 18.9. The number of aliphatic carboxylic acids is 1. The fourth-order valence-electron chi connectivity index (χ4n) is 1.77. The minimum Gasteiger partial charge on any atom is -0.504 e. The lowest BCUT2D eigenvalue weighted by molar-refractivity contribution is -0.133. The third-order valence-electron chi connectivity index (χ3n) is 2.89. The number of carbonyl (C=O) groups excluding carboxylic acids is 1. The topological polar surface area (TPSA) is 93.1 Å². The van der Waals surface area contributed by atoms with Crippen molar-refractivity contribution in [2.45, 2.75) is 6.92 Å². The zero-order valence-electron chi connectivity index (χ0n) is 10.8. The van der Waals surface area contributed by atoms with Gasteiger partial charge in [0.05, 0.1) is 12.7 Å². The Kier molecular flexibility index (Phi) is 3.47. The summed E-state index contributed by atoms with van der Waals surface area (Å²) >= 11 is 0. The molecule has 0 amide bonds. The highest BCUT2D eigenvalue weighted by Gasteiger charge is 2.33. The van der Waals surface area contributed by atoms with Gasteiger partial charge in [-0.05, 0) is 24.6 Å². The van der Waals surface area contributed by atoms with Crippen LogP contribution in [0.25, 0.3) is 5.57 Å². The van der Waals surface area contributed by atoms with Crippen LogP contribution >= 0.6 is 0 Å². The lowest BCUT2D eigenvalue weighted by atomic mass is 10.0. The molecule has 0 unspecified atom stereocenters. The first kappa shape index (κ1) is 13.7. The molecule has 0 bridgehead atoms. The summed E-state index contributed by atoms with van der Waals surface area (Å²) in [6.45, 7) is 1.25. The maximum atomic E-state index is 11.8. The van der Waals surface area contributed by atoms with E-state index in [1.54, 1.807) is 24.3 Å². The number of hydrogen-bond acceptors (Lipinski definition) is 5. The van der Waals surface area contributed by atoms with E-state index < -0.39 is 17.7 Å². The second kappa shape index (κ2) is 5.08. The number of aliphatic hydroxyl groups is 1. The summed E-state index contributed by atoms with van der Waals surface area (Å²) in [6, 6.07) is 6.39. The van der Waals surface area contributed by atoms with E-state index in [0.29, 0.717) is 11.3 Å². The van der Waals surface area contributed by atoms with Crippen molar-refractivity contribution in [3.05, 3.63) is 46.9 Å². The number of hydrogen-bond donors (Lipinski definition) is 2. The van der Waals surface area contributed by atoms with Crippen LogP contribution in [0.4, 0.5) is 0 Å². The van der Waals surface area contributed by atoms with Crippen molar-refractivity contribution in [1.82, 2.24) is 0 Å². The van der Waals surface area contributed by atoms with Crippen LogP contribution in [-0.4, -0.2) is 29.3 Å². The first-order valence-corrected chi connectivity index (χ1v) is 5.70. The highest BCUT2D eigenvalue weighted by Crippen LogP contribution is 2.33. The van der Waals surface area contributed by atoms with Crippen molar-refractivity contribution in [2.75, 3.05) is 7.11 Å². The van der Waals surface area contributed by atoms with Gasteiger partial charge in [0.1, 0.15) is 11.3 Å². The first-order chi connectivity index (χ1) is 9.45. The standard InChI is InChI=1S/C14H12O6/c1-7(13(16)17)12-11(15)10(14(18)20-12)8-3-5-9(19-2)6-4-8/h3-6,15H,1-2H3,(H,16,17)/b12-7+. The number of carboxylic acids is 1. The highest BCUT2D eigenvalue weighted by atomic mass is 16.6. The molecule has 0 saturated carbocycles. The Bertz CT molecular complexity index is 636. The van der Waals surface area contributed by atoms with Crippen LogP contribution in [-0.2, 0) is 14.3 Å². The molecule has 1 heterocycles. The summed E-state index contributed by atoms with van der Waals surface area (Å²) in [4.78, 5) is 22.6. The molecule has 0 atom stereocenters. The number of carboxylic acid groups (broad SMARTS) is 1. The Morgan fingerprint density at radius 1 is 1.25 bits per heavy atom. The summed E-state index contributed by atoms with van der Waals surface area (Å²) in [5.41, 5.74) is 0.115. The van der Waals surface area contributed by atoms with Gasteiger partial charge in [0.2, 0.25) is 0 Å². The molecule has 20 heavy (non-hydrogen) atoms. The van der Waals surface area contributed by atoms with Gasteiger partial charge in [-0.25, -0.2) is 9.59 Å². The van der Waals surface area contributed by atoms with E-state index in [1.807, 2.05) is 0 Å². The number of ether oxygens (including phenoxy) is 2. The monoisotopic (exact) mass is 276 g/mol. The normalized spacial score (nSPS) is 17.0. The fraction of sp³-hybridized carbons (Fsp3) is 0.143. The average molecular weight is 276 g/mol. The molecule has 1 aromatic rings. The highest BCUT2D eigenvalue weighted by molar-refractivity contribution is 6.21. The number of rotatable bonds is 3. The van der Waals surface area contributed by atoms with Crippen LogP contribution in [0.15, 0.2) is 41.4 Å². The number of esters is 1. The number of benzene rings is 1. The molecular weight excluding hydrogens is 264 g/mol. The second-order valence-corrected chi connectivity index (χ2v) is 4.10.